The van der Waals surface area contributed by atoms with Gasteiger partial charge in [0.25, 0.3) is 0 Å². The first kappa shape index (κ1) is 14.5. The highest BCUT2D eigenvalue weighted by atomic mass is 14.4. The van der Waals surface area contributed by atoms with Gasteiger partial charge in [0.1, 0.15) is 43.3 Å². The van der Waals surface area contributed by atoms with Crippen LogP contribution in [0.3, 0.4) is 0 Å². The summed E-state index contributed by atoms with van der Waals surface area (Å²) in [6, 6.07) is 9.45. The zero-order valence-electron chi connectivity index (χ0n) is 9.26. The highest BCUT2D eigenvalue weighted by molar-refractivity contribution is 6.17. The summed E-state index contributed by atoms with van der Waals surface area (Å²) in [5, 5.41) is 52.5. The topological polar surface area (TPSA) is 143 Å². The molecule has 0 fully saturated rings. The molecule has 0 saturated carbocycles. The van der Waals surface area contributed by atoms with Crippen molar-refractivity contribution in [2.75, 3.05) is 0 Å². The standard InChI is InChI=1S/C11H3BN6/c12-11(9(5-17)7(1-13)2-14)10(6-18)8(3-15)4-16/h11H,12H2. The van der Waals surface area contributed by atoms with E-state index < -0.39 is 17.0 Å². The normalized spacial score (nSPS) is 7.28. The maximum atomic E-state index is 8.89. The van der Waals surface area contributed by atoms with Crippen molar-refractivity contribution in [1.82, 2.24) is 0 Å². The average molecular weight is 230 g/mol. The molecule has 80 valence electrons. The third kappa shape index (κ3) is 2.75. The third-order valence-electron chi connectivity index (χ3n) is 2.09. The molecule has 0 unspecified atom stereocenters. The van der Waals surface area contributed by atoms with Crippen LogP contribution in [0.5, 0.6) is 0 Å². The minimum Gasteiger partial charge on any atom is -0.193 e. The molecule has 0 atom stereocenters. The first-order valence-corrected chi connectivity index (χ1v) is 4.50. The molecule has 0 aliphatic rings. The number of allylic oxidation sites excluding steroid dienone is 4. The molecule has 0 bridgehead atoms. The monoisotopic (exact) mass is 230 g/mol. The van der Waals surface area contributed by atoms with Crippen LogP contribution in [0.25, 0.3) is 0 Å². The Bertz CT molecular complexity index is 580. The van der Waals surface area contributed by atoms with E-state index >= 15 is 0 Å². The van der Waals surface area contributed by atoms with Gasteiger partial charge in [0.15, 0.2) is 0 Å². The van der Waals surface area contributed by atoms with Crippen LogP contribution in [0.1, 0.15) is 0 Å². The summed E-state index contributed by atoms with van der Waals surface area (Å²) in [4.78, 5) is 0. The second kappa shape index (κ2) is 6.88. The highest BCUT2D eigenvalue weighted by Crippen LogP contribution is 2.27. The Labute approximate surface area is 105 Å². The van der Waals surface area contributed by atoms with Gasteiger partial charge >= 0.3 is 0 Å². The predicted octanol–water partition coefficient (Wildman–Crippen LogP) is 0.143. The predicted molar refractivity (Wildman–Crippen MR) is 60.0 cm³/mol. The summed E-state index contributed by atoms with van der Waals surface area (Å²) in [7, 11) is 1.38. The van der Waals surface area contributed by atoms with E-state index in [0.29, 0.717) is 0 Å². The fraction of sp³-hybridized carbons (Fsp3) is 0.0909. The minimum absolute atomic E-state index is 0.237. The smallest absolute Gasteiger partial charge is 0.143 e. The summed E-state index contributed by atoms with van der Waals surface area (Å²) in [6.07, 6.45) is 0. The molecular formula is C11H3BN6. The molecule has 0 spiro atoms. The van der Waals surface area contributed by atoms with Gasteiger partial charge in [-0.15, -0.1) is 0 Å². The fourth-order valence-corrected chi connectivity index (χ4v) is 1.17. The van der Waals surface area contributed by atoms with Gasteiger partial charge < -0.3 is 0 Å². The van der Waals surface area contributed by atoms with Crippen molar-refractivity contribution in [2.45, 2.75) is 5.82 Å². The number of rotatable bonds is 2. The van der Waals surface area contributed by atoms with E-state index in [2.05, 4.69) is 0 Å². The van der Waals surface area contributed by atoms with Crippen LogP contribution in [0, 0.1) is 68.0 Å². The Kier molecular flexibility index (Phi) is 5.53. The summed E-state index contributed by atoms with van der Waals surface area (Å²) >= 11 is 0. The van der Waals surface area contributed by atoms with E-state index in [0.717, 1.165) is 0 Å². The molecule has 0 aromatic rings. The van der Waals surface area contributed by atoms with Crippen molar-refractivity contribution in [3.63, 3.8) is 0 Å². The van der Waals surface area contributed by atoms with Crippen molar-refractivity contribution in [2.24, 2.45) is 0 Å². The Balaban J connectivity index is 6.11. The molecule has 0 amide bonds. The van der Waals surface area contributed by atoms with Crippen molar-refractivity contribution in [3.05, 3.63) is 22.3 Å². The van der Waals surface area contributed by atoms with Gasteiger partial charge in [0, 0.05) is 5.82 Å². The van der Waals surface area contributed by atoms with Gasteiger partial charge in [-0.25, -0.2) is 0 Å². The van der Waals surface area contributed by atoms with Gasteiger partial charge in [-0.1, -0.05) is 0 Å². The number of nitriles is 6. The lowest BCUT2D eigenvalue weighted by Crippen LogP contribution is -2.04. The van der Waals surface area contributed by atoms with E-state index in [1.165, 1.54) is 32.1 Å². The second-order valence-electron chi connectivity index (χ2n) is 2.97. The van der Waals surface area contributed by atoms with Crippen LogP contribution < -0.4 is 0 Å². The number of nitrogens with zero attached hydrogens (tertiary/aromatic N) is 6. The van der Waals surface area contributed by atoms with Crippen LogP contribution in [0.2, 0.25) is 5.82 Å². The van der Waals surface area contributed by atoms with E-state index in [1.54, 1.807) is 12.1 Å². The van der Waals surface area contributed by atoms with E-state index in [4.69, 9.17) is 31.6 Å². The Morgan fingerprint density at radius 3 is 1.06 bits per heavy atom. The molecule has 0 aliphatic heterocycles. The molecule has 0 heterocycles. The summed E-state index contributed by atoms with van der Waals surface area (Å²) in [5.41, 5.74) is -1.35. The molecule has 18 heavy (non-hydrogen) atoms. The molecule has 0 saturated heterocycles. The Hall–Kier alpha value is -3.52. The summed E-state index contributed by atoms with van der Waals surface area (Å²) in [5.74, 6) is -0.955. The van der Waals surface area contributed by atoms with Crippen LogP contribution in [-0.2, 0) is 0 Å². The van der Waals surface area contributed by atoms with E-state index in [-0.39, 0.29) is 11.1 Å². The van der Waals surface area contributed by atoms with Crippen molar-refractivity contribution < 1.29 is 0 Å². The maximum Gasteiger partial charge on any atom is 0.143 e. The van der Waals surface area contributed by atoms with E-state index in [9.17, 15) is 0 Å². The molecule has 0 aromatic carbocycles. The molecule has 0 radical (unpaired) electrons. The number of hydrogen-bond acceptors (Lipinski definition) is 6. The van der Waals surface area contributed by atoms with Crippen LogP contribution >= 0.6 is 0 Å². The van der Waals surface area contributed by atoms with Gasteiger partial charge in [-0.2, -0.15) is 31.6 Å². The van der Waals surface area contributed by atoms with Gasteiger partial charge in [-0.05, 0) is 0 Å². The Morgan fingerprint density at radius 1 is 0.611 bits per heavy atom. The van der Waals surface area contributed by atoms with Gasteiger partial charge in [-0.3, -0.25) is 0 Å². The van der Waals surface area contributed by atoms with Crippen molar-refractivity contribution >= 4 is 7.85 Å². The van der Waals surface area contributed by atoms with Crippen molar-refractivity contribution in [1.29, 1.82) is 31.6 Å². The Morgan fingerprint density at radius 2 is 0.889 bits per heavy atom. The molecular weight excluding hydrogens is 227 g/mol. The summed E-state index contributed by atoms with van der Waals surface area (Å²) in [6.45, 7) is 0. The molecule has 0 aliphatic carbocycles. The fourth-order valence-electron chi connectivity index (χ4n) is 1.17. The molecule has 0 aromatic heterocycles. The van der Waals surface area contributed by atoms with Crippen LogP contribution in [-0.4, -0.2) is 7.85 Å². The van der Waals surface area contributed by atoms with E-state index in [1.807, 2.05) is 0 Å². The van der Waals surface area contributed by atoms with Crippen LogP contribution in [0.15, 0.2) is 22.3 Å². The zero-order valence-corrected chi connectivity index (χ0v) is 9.26. The van der Waals surface area contributed by atoms with Gasteiger partial charge in [0.05, 0.1) is 23.3 Å². The first-order valence-electron chi connectivity index (χ1n) is 4.50. The largest absolute Gasteiger partial charge is 0.193 e. The first-order chi connectivity index (χ1) is 8.60. The molecule has 0 N–H and O–H groups in total. The molecule has 7 heteroatoms. The SMILES string of the molecule is BC(C(C#N)=C(C#N)C#N)C(C#N)=C(C#N)C#N. The van der Waals surface area contributed by atoms with Crippen LogP contribution in [0.4, 0.5) is 0 Å². The maximum absolute atomic E-state index is 8.89. The number of hydrogen-bond donors (Lipinski definition) is 0. The zero-order chi connectivity index (χ0) is 14.1. The lowest BCUT2D eigenvalue weighted by atomic mass is 9.73. The lowest BCUT2D eigenvalue weighted by Gasteiger charge is -2.08. The average Bonchev–Trinajstić information content (AvgIpc) is 2.40. The third-order valence-corrected chi connectivity index (χ3v) is 2.09. The van der Waals surface area contributed by atoms with Gasteiger partial charge in [0.2, 0.25) is 0 Å². The quantitative estimate of drug-likeness (QED) is 0.487. The highest BCUT2D eigenvalue weighted by Gasteiger charge is 2.21. The van der Waals surface area contributed by atoms with Crippen molar-refractivity contribution in [3.8, 4) is 36.4 Å². The molecule has 6 nitrogen and oxygen atoms in total. The lowest BCUT2D eigenvalue weighted by molar-refractivity contribution is 1.16. The molecule has 0 rings (SSSR count). The second-order valence-corrected chi connectivity index (χ2v) is 2.97. The minimum atomic E-state index is -0.955. The summed E-state index contributed by atoms with van der Waals surface area (Å²) < 4.78 is 0.